The topological polar surface area (TPSA) is 96.3 Å². The molecule has 1 amide bonds. The molecular weight excluding hydrogens is 685 g/mol. The van der Waals surface area contributed by atoms with Crippen LogP contribution in [-0.2, 0) is 32.5 Å². The third kappa shape index (κ3) is 7.27. The summed E-state index contributed by atoms with van der Waals surface area (Å²) in [5.41, 5.74) is 1.87. The molecule has 1 aromatic heterocycles. The van der Waals surface area contributed by atoms with Crippen LogP contribution in [0.15, 0.2) is 42.6 Å². The fraction of sp³-hybridized carbons (Fsp3) is 0.575. The van der Waals surface area contributed by atoms with Gasteiger partial charge < -0.3 is 19.4 Å². The fourth-order valence-electron chi connectivity index (χ4n) is 8.56. The summed E-state index contributed by atoms with van der Waals surface area (Å²) in [7, 11) is 1.87. The van der Waals surface area contributed by atoms with Crippen LogP contribution in [0.5, 0.6) is 0 Å². The molecule has 1 unspecified atom stereocenters. The molecule has 0 radical (unpaired) electrons. The van der Waals surface area contributed by atoms with Crippen LogP contribution in [0.4, 0.5) is 10.1 Å². The van der Waals surface area contributed by atoms with E-state index in [1.165, 1.54) is 25.0 Å². The number of ether oxygens (including phenoxy) is 2. The highest BCUT2D eigenvalue weighted by Gasteiger charge is 2.54. The Kier molecular flexibility index (Phi) is 10.8. The predicted molar refractivity (Wildman–Crippen MR) is 199 cm³/mol. The van der Waals surface area contributed by atoms with E-state index in [4.69, 9.17) is 21.1 Å². The van der Waals surface area contributed by atoms with Gasteiger partial charge in [-0.05, 0) is 89.0 Å². The van der Waals surface area contributed by atoms with Gasteiger partial charge in [-0.3, -0.25) is 29.1 Å². The van der Waals surface area contributed by atoms with Gasteiger partial charge in [-0.2, -0.15) is 0 Å². The van der Waals surface area contributed by atoms with Crippen molar-refractivity contribution < 1.29 is 28.2 Å². The summed E-state index contributed by atoms with van der Waals surface area (Å²) >= 11 is 6.72. The second-order valence-corrected chi connectivity index (χ2v) is 15.7. The second kappa shape index (κ2) is 15.2. The lowest BCUT2D eigenvalue weighted by molar-refractivity contribution is -0.261. The van der Waals surface area contributed by atoms with E-state index in [-0.39, 0.29) is 52.0 Å². The van der Waals surface area contributed by atoms with Crippen LogP contribution in [0.25, 0.3) is 10.9 Å². The van der Waals surface area contributed by atoms with Gasteiger partial charge in [0.15, 0.2) is 5.78 Å². The normalized spacial score (nSPS) is 23.7. The van der Waals surface area contributed by atoms with E-state index in [9.17, 15) is 9.59 Å². The van der Waals surface area contributed by atoms with Crippen LogP contribution in [0.2, 0.25) is 5.02 Å². The van der Waals surface area contributed by atoms with Crippen LogP contribution in [0.1, 0.15) is 81.1 Å². The number of nitrogens with zero attached hydrogens (tertiary/aromatic N) is 4. The molecule has 7 rings (SSSR count). The molecule has 0 bridgehead atoms. The van der Waals surface area contributed by atoms with Crippen molar-refractivity contribution >= 4 is 45.9 Å². The lowest BCUT2D eigenvalue weighted by atomic mass is 9.87. The molecule has 4 fully saturated rings. The summed E-state index contributed by atoms with van der Waals surface area (Å²) in [5.74, 6) is -2.97. The molecule has 280 valence electrons. The number of carbonyl (C=O) groups excluding carboxylic acids is 3. The van der Waals surface area contributed by atoms with Gasteiger partial charge >= 0.3 is 5.97 Å². The number of aromatic nitrogens is 1. The highest BCUT2D eigenvalue weighted by Crippen LogP contribution is 2.43. The molecular formula is C40H51ClFN5O5. The number of nitrogens with one attached hydrogen (secondary N) is 1. The molecule has 3 heterocycles. The zero-order valence-corrected chi connectivity index (χ0v) is 31.4. The molecule has 52 heavy (non-hydrogen) atoms. The first-order valence-corrected chi connectivity index (χ1v) is 19.4. The Morgan fingerprint density at radius 1 is 0.981 bits per heavy atom. The van der Waals surface area contributed by atoms with Crippen LogP contribution in [0.3, 0.4) is 0 Å². The van der Waals surface area contributed by atoms with Crippen molar-refractivity contribution in [2.45, 2.75) is 89.1 Å². The molecule has 2 saturated carbocycles. The number of hydrogen-bond donors (Lipinski definition) is 1. The summed E-state index contributed by atoms with van der Waals surface area (Å²) in [6.45, 7) is 8.82. The van der Waals surface area contributed by atoms with Gasteiger partial charge in [0.1, 0.15) is 5.82 Å². The van der Waals surface area contributed by atoms with Gasteiger partial charge in [-0.15, -0.1) is 0 Å². The van der Waals surface area contributed by atoms with Crippen LogP contribution in [-0.4, -0.2) is 100 Å². The second-order valence-electron chi connectivity index (χ2n) is 15.3. The molecule has 2 aliphatic heterocycles. The average Bonchev–Trinajstić information content (AvgIpc) is 3.50. The largest absolute Gasteiger partial charge is 0.466 e. The Hall–Kier alpha value is -3.35. The Labute approximate surface area is 310 Å². The maximum Gasteiger partial charge on any atom is 0.308 e. The first-order chi connectivity index (χ1) is 25.0. The molecule has 10 nitrogen and oxygen atoms in total. The number of benzene rings is 2. The zero-order valence-electron chi connectivity index (χ0n) is 30.6. The number of carbonyl (C=O) groups is 3. The molecule has 1 atom stereocenters. The Morgan fingerprint density at radius 3 is 2.33 bits per heavy atom. The number of para-hydroxylation sites is 1. The minimum absolute atomic E-state index is 0.137. The quantitative estimate of drug-likeness (QED) is 0.214. The SMILES string of the molecule is CCOC(=O)C1CCC(OC(C(=O)Cc2cc(Cl)c(NC(=O)c3cn(C)c4ccccc34)cc2F)(N2CCCC2)N2CCN(C3(C)CC3)CC2)CC1. The van der Waals surface area contributed by atoms with Crippen molar-refractivity contribution in [1.82, 2.24) is 19.3 Å². The number of piperazine rings is 1. The van der Waals surface area contributed by atoms with Crippen LogP contribution < -0.4 is 5.32 Å². The van der Waals surface area contributed by atoms with Gasteiger partial charge in [-0.25, -0.2) is 4.39 Å². The molecule has 1 N–H and O–H groups in total. The maximum absolute atomic E-state index is 16.1. The minimum Gasteiger partial charge on any atom is -0.466 e. The maximum atomic E-state index is 16.1. The monoisotopic (exact) mass is 735 g/mol. The van der Waals surface area contributed by atoms with Gasteiger partial charge in [-0.1, -0.05) is 29.8 Å². The Bertz CT molecular complexity index is 1810. The van der Waals surface area contributed by atoms with E-state index >= 15 is 9.18 Å². The predicted octanol–water partition coefficient (Wildman–Crippen LogP) is 6.39. The molecule has 2 aliphatic carbocycles. The van der Waals surface area contributed by atoms with Crippen LogP contribution in [0, 0.1) is 11.7 Å². The van der Waals surface area contributed by atoms with Crippen molar-refractivity contribution in [2.75, 3.05) is 51.2 Å². The lowest BCUT2D eigenvalue weighted by Crippen LogP contribution is -2.71. The van der Waals surface area contributed by atoms with E-state index in [1.807, 2.05) is 42.8 Å². The summed E-state index contributed by atoms with van der Waals surface area (Å²) in [4.78, 5) is 47.8. The third-order valence-corrected chi connectivity index (χ3v) is 12.2. The highest BCUT2D eigenvalue weighted by atomic mass is 35.5. The summed E-state index contributed by atoms with van der Waals surface area (Å²) in [6.07, 6.45) is 8.06. The molecule has 2 saturated heterocycles. The standard InChI is InChI=1S/C40H51ClFN5O5/c1-4-51-38(50)27-11-13-29(14-12-27)52-40(46-17-7-8-18-46,47-21-19-45(20-22-47)39(2)15-16-39)36(48)24-28-23-32(41)34(25-33(28)42)43-37(49)31-26-44(3)35-10-6-5-9-30(31)35/h5-6,9-10,23,25-27,29H,4,7-8,11-22,24H2,1-3H3,(H,43,49). The van der Waals surface area contributed by atoms with E-state index in [2.05, 4.69) is 26.9 Å². The lowest BCUT2D eigenvalue weighted by Gasteiger charge is -2.52. The number of anilines is 1. The van der Waals surface area contributed by atoms with E-state index in [0.29, 0.717) is 64.0 Å². The van der Waals surface area contributed by atoms with Crippen LogP contribution >= 0.6 is 11.6 Å². The number of hydrogen-bond acceptors (Lipinski definition) is 8. The van der Waals surface area contributed by atoms with Crippen molar-refractivity contribution in [1.29, 1.82) is 0 Å². The number of halogens is 2. The number of aryl methyl sites for hydroxylation is 1. The van der Waals surface area contributed by atoms with E-state index in [0.717, 1.165) is 36.8 Å². The number of amides is 1. The minimum atomic E-state index is -1.38. The molecule has 2 aromatic carbocycles. The molecule has 0 spiro atoms. The number of likely N-dealkylation sites (tertiary alicyclic amines) is 1. The van der Waals surface area contributed by atoms with E-state index < -0.39 is 17.6 Å². The smallest absolute Gasteiger partial charge is 0.308 e. The van der Waals surface area contributed by atoms with Gasteiger partial charge in [0.2, 0.25) is 5.85 Å². The summed E-state index contributed by atoms with van der Waals surface area (Å²) < 4.78 is 30.3. The first kappa shape index (κ1) is 37.0. The zero-order chi connectivity index (χ0) is 36.6. The van der Waals surface area contributed by atoms with E-state index in [1.54, 1.807) is 6.20 Å². The first-order valence-electron chi connectivity index (χ1n) is 19.0. The highest BCUT2D eigenvalue weighted by molar-refractivity contribution is 6.34. The number of esters is 1. The Balaban J connectivity index is 1.15. The number of ketones is 1. The van der Waals surface area contributed by atoms with Crippen molar-refractivity contribution in [3.05, 3.63) is 64.6 Å². The molecule has 12 heteroatoms. The Morgan fingerprint density at radius 2 is 1.65 bits per heavy atom. The number of Topliss-reactive ketones (excluding diaryl/α,β-unsaturated/α-hetero) is 1. The average molecular weight is 736 g/mol. The summed E-state index contributed by atoms with van der Waals surface area (Å²) in [6, 6.07) is 10.2. The summed E-state index contributed by atoms with van der Waals surface area (Å²) in [5, 5.41) is 3.71. The van der Waals surface area contributed by atoms with Crippen molar-refractivity contribution in [3.8, 4) is 0 Å². The third-order valence-electron chi connectivity index (χ3n) is 11.8. The number of rotatable bonds is 12. The van der Waals surface area contributed by atoms with Gasteiger partial charge in [0, 0.05) is 75.4 Å². The molecule has 4 aliphatic rings. The van der Waals surface area contributed by atoms with Crippen molar-refractivity contribution in [3.63, 3.8) is 0 Å². The van der Waals surface area contributed by atoms with Gasteiger partial charge in [0.25, 0.3) is 5.91 Å². The van der Waals surface area contributed by atoms with Crippen molar-refractivity contribution in [2.24, 2.45) is 13.0 Å². The number of fused-ring (bicyclic) bond motifs is 1. The fourth-order valence-corrected chi connectivity index (χ4v) is 8.80. The molecule has 3 aromatic rings. The van der Waals surface area contributed by atoms with Gasteiger partial charge in [0.05, 0.1) is 34.9 Å².